The molecule has 2 N–H and O–H groups in total. The van der Waals surface area contributed by atoms with Gasteiger partial charge in [0.1, 0.15) is 5.75 Å². The maximum atomic E-state index is 10.5. The number of benzene rings is 1. The minimum atomic E-state index is -0.00675. The van der Waals surface area contributed by atoms with Crippen LogP contribution in [0.2, 0.25) is 0 Å². The van der Waals surface area contributed by atoms with Crippen molar-refractivity contribution in [2.45, 2.75) is 58.0 Å². The van der Waals surface area contributed by atoms with E-state index in [0.717, 1.165) is 43.5 Å². The molecule has 0 bridgehead atoms. The van der Waals surface area contributed by atoms with Crippen molar-refractivity contribution in [3.8, 4) is 5.75 Å². The summed E-state index contributed by atoms with van der Waals surface area (Å²) in [5.41, 5.74) is 5.04. The highest BCUT2D eigenvalue weighted by Gasteiger charge is 2.53. The van der Waals surface area contributed by atoms with Crippen molar-refractivity contribution in [2.75, 3.05) is 18.9 Å². The summed E-state index contributed by atoms with van der Waals surface area (Å²) in [6.45, 7) is 7.61. The van der Waals surface area contributed by atoms with E-state index in [4.69, 9.17) is 0 Å². The monoisotopic (exact) mass is 326 g/mol. The number of hydrogen-bond acceptors (Lipinski definition) is 3. The predicted molar refractivity (Wildman–Crippen MR) is 101 cm³/mol. The van der Waals surface area contributed by atoms with Gasteiger partial charge in [0.25, 0.3) is 0 Å². The van der Waals surface area contributed by atoms with Crippen LogP contribution in [0.1, 0.15) is 52.0 Å². The molecule has 3 nitrogen and oxygen atoms in total. The van der Waals surface area contributed by atoms with Gasteiger partial charge in [-0.15, -0.1) is 0 Å². The van der Waals surface area contributed by atoms with Crippen molar-refractivity contribution in [3.05, 3.63) is 47.1 Å². The molecule has 24 heavy (non-hydrogen) atoms. The average molecular weight is 326 g/mol. The fraction of sp³-hybridized carbons (Fsp3) is 0.524. The Morgan fingerprint density at radius 3 is 2.88 bits per heavy atom. The maximum Gasteiger partial charge on any atom is 0.121 e. The molecule has 0 amide bonds. The summed E-state index contributed by atoms with van der Waals surface area (Å²) in [5, 5.41) is 14.1. The first-order valence-corrected chi connectivity index (χ1v) is 9.02. The molecule has 2 aliphatic heterocycles. The Balaban J connectivity index is 1.84. The molecule has 1 aromatic carbocycles. The van der Waals surface area contributed by atoms with Crippen LogP contribution in [0.25, 0.3) is 0 Å². The van der Waals surface area contributed by atoms with E-state index in [1.54, 1.807) is 0 Å². The van der Waals surface area contributed by atoms with Gasteiger partial charge in [0, 0.05) is 23.2 Å². The Morgan fingerprint density at radius 2 is 2.12 bits per heavy atom. The summed E-state index contributed by atoms with van der Waals surface area (Å²) in [5.74, 6) is 0.438. The van der Waals surface area contributed by atoms with Gasteiger partial charge < -0.3 is 10.4 Å². The highest BCUT2D eigenvalue weighted by molar-refractivity contribution is 5.67. The number of phenols is 1. The standard InChI is InChI=1S/C21H30N2O/c1-15(2)7-5-8-16(3)11-12-21-13-14-23(4)20(21)22-17-9-6-10-18(24)19(17)21/h6-7,9-11,20,22,24H,5,8,12-14H2,1-4H3. The molecule has 0 aromatic heterocycles. The zero-order chi connectivity index (χ0) is 17.3. The minimum Gasteiger partial charge on any atom is -0.508 e. The van der Waals surface area contributed by atoms with Gasteiger partial charge in [-0.2, -0.15) is 0 Å². The van der Waals surface area contributed by atoms with E-state index in [2.05, 4.69) is 56.3 Å². The van der Waals surface area contributed by atoms with E-state index in [0.29, 0.717) is 5.75 Å². The van der Waals surface area contributed by atoms with Gasteiger partial charge in [-0.3, -0.25) is 4.90 Å². The molecule has 3 rings (SSSR count). The predicted octanol–water partition coefficient (Wildman–Crippen LogP) is 4.80. The number of rotatable bonds is 5. The smallest absolute Gasteiger partial charge is 0.121 e. The van der Waals surface area contributed by atoms with E-state index in [9.17, 15) is 5.11 Å². The average Bonchev–Trinajstić information content (AvgIpc) is 3.01. The summed E-state index contributed by atoms with van der Waals surface area (Å²) in [6, 6.07) is 5.85. The molecular formula is C21H30N2O. The third-order valence-corrected chi connectivity index (χ3v) is 5.61. The molecular weight excluding hydrogens is 296 g/mol. The summed E-state index contributed by atoms with van der Waals surface area (Å²) in [6.07, 6.45) is 9.28. The molecule has 0 aliphatic carbocycles. The SMILES string of the molecule is CC(C)=CCCC(C)=CCC12CCN(C)C1Nc1cccc(O)c12. The number of allylic oxidation sites excluding steroid dienone is 4. The number of anilines is 1. The lowest BCUT2D eigenvalue weighted by Crippen LogP contribution is -2.41. The number of nitrogens with zero attached hydrogens (tertiary/aromatic N) is 1. The fourth-order valence-corrected chi connectivity index (χ4v) is 4.27. The number of aromatic hydroxyl groups is 1. The third-order valence-electron chi connectivity index (χ3n) is 5.61. The second-order valence-corrected chi connectivity index (χ2v) is 7.71. The lowest BCUT2D eigenvalue weighted by atomic mass is 9.75. The quantitative estimate of drug-likeness (QED) is 0.763. The fourth-order valence-electron chi connectivity index (χ4n) is 4.27. The molecule has 1 fully saturated rings. The number of likely N-dealkylation sites (tertiary alicyclic amines) is 1. The maximum absolute atomic E-state index is 10.5. The van der Waals surface area contributed by atoms with Gasteiger partial charge in [0.05, 0.1) is 6.17 Å². The second kappa shape index (κ2) is 6.64. The highest BCUT2D eigenvalue weighted by Crippen LogP contribution is 2.53. The Labute approximate surface area is 146 Å². The number of phenolic OH excluding ortho intramolecular Hbond substituents is 1. The van der Waals surface area contributed by atoms with Crippen LogP contribution in [0.5, 0.6) is 5.75 Å². The molecule has 2 heterocycles. The normalized spacial score (nSPS) is 26.0. The first-order chi connectivity index (χ1) is 11.4. The first-order valence-electron chi connectivity index (χ1n) is 9.02. The van der Waals surface area contributed by atoms with Crippen LogP contribution in [-0.4, -0.2) is 29.8 Å². The van der Waals surface area contributed by atoms with Crippen LogP contribution in [0, 0.1) is 0 Å². The van der Waals surface area contributed by atoms with Crippen LogP contribution >= 0.6 is 0 Å². The molecule has 3 heteroatoms. The molecule has 2 aliphatic rings. The van der Waals surface area contributed by atoms with Crippen LogP contribution in [0.3, 0.4) is 0 Å². The van der Waals surface area contributed by atoms with Crippen LogP contribution in [0.15, 0.2) is 41.5 Å². The summed E-state index contributed by atoms with van der Waals surface area (Å²) < 4.78 is 0. The molecule has 1 aromatic rings. The molecule has 0 radical (unpaired) electrons. The Kier molecular flexibility index (Phi) is 4.73. The van der Waals surface area contributed by atoms with Crippen molar-refractivity contribution in [1.29, 1.82) is 0 Å². The Bertz CT molecular complexity index is 672. The summed E-state index contributed by atoms with van der Waals surface area (Å²) in [7, 11) is 2.17. The largest absolute Gasteiger partial charge is 0.508 e. The van der Waals surface area contributed by atoms with E-state index in [1.807, 2.05) is 12.1 Å². The topological polar surface area (TPSA) is 35.5 Å². The second-order valence-electron chi connectivity index (χ2n) is 7.71. The molecule has 2 atom stereocenters. The highest BCUT2D eigenvalue weighted by atomic mass is 16.3. The molecule has 130 valence electrons. The van der Waals surface area contributed by atoms with Crippen LogP contribution in [-0.2, 0) is 5.41 Å². The van der Waals surface area contributed by atoms with Gasteiger partial charge >= 0.3 is 0 Å². The molecule has 0 saturated carbocycles. The van der Waals surface area contributed by atoms with Gasteiger partial charge in [-0.05, 0) is 65.6 Å². The van der Waals surface area contributed by atoms with Crippen molar-refractivity contribution in [2.24, 2.45) is 0 Å². The minimum absolute atomic E-state index is 0.00675. The molecule has 1 saturated heterocycles. The van der Waals surface area contributed by atoms with Gasteiger partial charge in [0.15, 0.2) is 0 Å². The number of nitrogens with one attached hydrogen (secondary N) is 1. The number of fused-ring (bicyclic) bond motifs is 3. The zero-order valence-electron chi connectivity index (χ0n) is 15.4. The van der Waals surface area contributed by atoms with E-state index >= 15 is 0 Å². The van der Waals surface area contributed by atoms with Crippen molar-refractivity contribution < 1.29 is 5.11 Å². The van der Waals surface area contributed by atoms with Gasteiger partial charge in [-0.25, -0.2) is 0 Å². The zero-order valence-corrected chi connectivity index (χ0v) is 15.4. The van der Waals surface area contributed by atoms with E-state index in [-0.39, 0.29) is 11.6 Å². The van der Waals surface area contributed by atoms with Gasteiger partial charge in [-0.1, -0.05) is 29.4 Å². The van der Waals surface area contributed by atoms with Crippen LogP contribution < -0.4 is 5.32 Å². The Hall–Kier alpha value is -1.74. The Morgan fingerprint density at radius 1 is 1.33 bits per heavy atom. The number of hydrogen-bond donors (Lipinski definition) is 2. The van der Waals surface area contributed by atoms with Crippen molar-refractivity contribution >= 4 is 5.69 Å². The van der Waals surface area contributed by atoms with Crippen molar-refractivity contribution in [3.63, 3.8) is 0 Å². The van der Waals surface area contributed by atoms with Crippen LogP contribution in [0.4, 0.5) is 5.69 Å². The summed E-state index contributed by atoms with van der Waals surface area (Å²) in [4.78, 5) is 2.38. The van der Waals surface area contributed by atoms with E-state index < -0.39 is 0 Å². The van der Waals surface area contributed by atoms with Crippen molar-refractivity contribution in [1.82, 2.24) is 4.90 Å². The molecule has 0 spiro atoms. The van der Waals surface area contributed by atoms with E-state index in [1.165, 1.54) is 11.1 Å². The molecule has 2 unspecified atom stereocenters. The number of likely N-dealkylation sites (N-methyl/N-ethyl adjacent to an activating group) is 1. The third kappa shape index (κ3) is 2.98. The first kappa shape index (κ1) is 17.1. The lowest BCUT2D eigenvalue weighted by molar-refractivity contribution is 0.282. The lowest BCUT2D eigenvalue weighted by Gasteiger charge is -2.31. The van der Waals surface area contributed by atoms with Gasteiger partial charge in [0.2, 0.25) is 0 Å². The summed E-state index contributed by atoms with van der Waals surface area (Å²) >= 11 is 0.